The molecule has 0 bridgehead atoms. The van der Waals surface area contributed by atoms with Crippen LogP contribution in [0.2, 0.25) is 0 Å². The summed E-state index contributed by atoms with van der Waals surface area (Å²) in [7, 11) is 0. The lowest BCUT2D eigenvalue weighted by Crippen LogP contribution is -2.75. The molecule has 0 saturated carbocycles. The summed E-state index contributed by atoms with van der Waals surface area (Å²) in [6, 6.07) is 13.7. The third kappa shape index (κ3) is 12.8. The fourth-order valence-corrected chi connectivity index (χ4v) is 8.31. The molecule has 402 valence electrons. The maximum atomic E-state index is 14.2. The number of fused-ring (bicyclic) bond motifs is 1. The van der Waals surface area contributed by atoms with Gasteiger partial charge < -0.3 is 0 Å². The number of hydrogen-bond acceptors (Lipinski definition) is 1. The Morgan fingerprint density at radius 1 is 0.329 bits per heavy atom. The Hall–Kier alpha value is -7.40. The Balaban J connectivity index is 0.000000408. The molecule has 0 radical (unpaired) electrons. The van der Waals surface area contributed by atoms with E-state index in [0.29, 0.717) is 12.2 Å². The second kappa shape index (κ2) is 20.0. The fraction of sp³-hybridized carbons (Fsp3) is 0.184. The average Bonchev–Trinajstić information content (AvgIpc) is 3.29. The first-order chi connectivity index (χ1) is 34.6. The van der Waals surface area contributed by atoms with Gasteiger partial charge in [-0.2, -0.15) is 137 Å². The summed E-state index contributed by atoms with van der Waals surface area (Å²) in [4.78, 5) is 0. The second-order valence-corrected chi connectivity index (χ2v) is 16.7. The van der Waals surface area contributed by atoms with E-state index in [1.807, 2.05) is 53.2 Å². The first-order valence-electron chi connectivity index (χ1n) is 20.8. The first-order valence-corrected chi connectivity index (χ1v) is 20.8. The van der Waals surface area contributed by atoms with Gasteiger partial charge in [0.25, 0.3) is 5.69 Å². The standard InChI is InChI=1S/C32H12BF24.C17H13N2/c34-25(35,36)13-1-14(26(37,38)39)6-21(5-13)33(22-7-15(27(40,41)42)2-16(8-22)28(43,44)45,23-9-17(29(46,47)48)3-18(10-23)30(49,50)51)24-11-19(31(52,53)54)4-20(12-24)32(55,56)57;18-11-17-10-15-8-4-5-9-16(15)13-19(17)12-14-6-2-1-3-7-14/h1-12H;1-10,13H,12H2/q-1;+1. The molecule has 0 unspecified atom stereocenters. The Kier molecular flexibility index (Phi) is 15.2. The summed E-state index contributed by atoms with van der Waals surface area (Å²) in [5.74, 6) is 0. The molecule has 1 heterocycles. The van der Waals surface area contributed by atoms with Crippen LogP contribution in [0.5, 0.6) is 0 Å². The molecule has 7 aromatic rings. The molecular formula is C49H25BF24N2. The first kappa shape index (κ1) is 57.9. The summed E-state index contributed by atoms with van der Waals surface area (Å²) >= 11 is 0. The summed E-state index contributed by atoms with van der Waals surface area (Å²) in [6.07, 6.45) is -52.8. The number of rotatable bonds is 6. The Morgan fingerprint density at radius 2 is 0.579 bits per heavy atom. The van der Waals surface area contributed by atoms with E-state index in [-0.39, 0.29) is 0 Å². The lowest BCUT2D eigenvalue weighted by atomic mass is 9.12. The van der Waals surface area contributed by atoms with Crippen molar-refractivity contribution in [3.8, 4) is 6.07 Å². The molecule has 1 aromatic heterocycles. The molecule has 0 aliphatic carbocycles. The smallest absolute Gasteiger partial charge is 0.194 e. The number of aromatic nitrogens is 1. The van der Waals surface area contributed by atoms with Gasteiger partial charge in [-0.1, -0.05) is 97.1 Å². The van der Waals surface area contributed by atoms with Crippen molar-refractivity contribution in [2.24, 2.45) is 0 Å². The van der Waals surface area contributed by atoms with Crippen molar-refractivity contribution in [3.63, 3.8) is 0 Å². The largest absolute Gasteiger partial charge is 0.416 e. The molecular weight excluding hydrogens is 1080 g/mol. The van der Waals surface area contributed by atoms with Gasteiger partial charge in [-0.15, -0.1) is 0 Å². The van der Waals surface area contributed by atoms with Crippen LogP contribution in [0, 0.1) is 11.3 Å². The van der Waals surface area contributed by atoms with Gasteiger partial charge in [-0.05, 0) is 35.7 Å². The highest BCUT2D eigenvalue weighted by Crippen LogP contribution is 2.41. The Labute approximate surface area is 411 Å². The van der Waals surface area contributed by atoms with Crippen molar-refractivity contribution in [2.45, 2.75) is 56.0 Å². The fourth-order valence-electron chi connectivity index (χ4n) is 8.31. The molecule has 0 aliphatic heterocycles. The van der Waals surface area contributed by atoms with Gasteiger partial charge >= 0.3 is 49.4 Å². The van der Waals surface area contributed by atoms with Crippen LogP contribution in [0.4, 0.5) is 105 Å². The number of hydrogen-bond donors (Lipinski definition) is 0. The zero-order valence-electron chi connectivity index (χ0n) is 37.0. The zero-order valence-corrected chi connectivity index (χ0v) is 37.0. The third-order valence-corrected chi connectivity index (χ3v) is 11.6. The van der Waals surface area contributed by atoms with Crippen LogP contribution in [-0.4, -0.2) is 6.15 Å². The summed E-state index contributed by atoms with van der Waals surface area (Å²) < 4.78 is 343. The van der Waals surface area contributed by atoms with E-state index in [0.717, 1.165) is 10.8 Å². The molecule has 0 atom stereocenters. The average molecular weight is 1110 g/mol. The second-order valence-electron chi connectivity index (χ2n) is 16.7. The third-order valence-electron chi connectivity index (χ3n) is 11.6. The van der Waals surface area contributed by atoms with E-state index in [4.69, 9.17) is 0 Å². The van der Waals surface area contributed by atoms with Gasteiger partial charge in [0.05, 0.1) is 44.5 Å². The summed E-state index contributed by atoms with van der Waals surface area (Å²) in [5, 5.41) is 11.5. The van der Waals surface area contributed by atoms with Crippen LogP contribution in [0.3, 0.4) is 0 Å². The molecule has 0 aliphatic rings. The number of alkyl halides is 24. The van der Waals surface area contributed by atoms with Gasteiger partial charge in [0, 0.05) is 17.0 Å². The van der Waals surface area contributed by atoms with Crippen LogP contribution in [0.25, 0.3) is 10.8 Å². The molecule has 76 heavy (non-hydrogen) atoms. The van der Waals surface area contributed by atoms with Crippen molar-refractivity contribution in [2.75, 3.05) is 0 Å². The SMILES string of the molecule is FC(F)(F)c1cc([B-](c2cc(C(F)(F)F)cc(C(F)(F)F)c2)(c2cc(C(F)(F)F)cc(C(F)(F)F)c2)c2cc(C(F)(F)F)cc(C(F)(F)F)c2)cc(C(F)(F)F)c1.N#Cc1cc2ccccc2c[n+]1Cc1ccccc1. The van der Waals surface area contributed by atoms with Crippen molar-refractivity contribution in [1.29, 1.82) is 5.26 Å². The van der Waals surface area contributed by atoms with Crippen LogP contribution >= 0.6 is 0 Å². The molecule has 0 N–H and O–H groups in total. The van der Waals surface area contributed by atoms with E-state index < -0.39 is 195 Å². The van der Waals surface area contributed by atoms with Crippen molar-refractivity contribution in [3.05, 3.63) is 195 Å². The molecule has 27 heteroatoms. The molecule has 0 saturated heterocycles. The molecule has 7 rings (SSSR count). The van der Waals surface area contributed by atoms with Crippen LogP contribution in [-0.2, 0) is 56.0 Å². The minimum absolute atomic E-state index is 0.683. The minimum Gasteiger partial charge on any atom is -0.194 e. The normalized spacial score (nSPS) is 13.3. The summed E-state index contributed by atoms with van der Waals surface area (Å²) in [6.45, 7) is 0.717. The van der Waals surface area contributed by atoms with E-state index in [2.05, 4.69) is 24.3 Å². The van der Waals surface area contributed by atoms with Gasteiger partial charge in [-0.3, -0.25) is 0 Å². The van der Waals surface area contributed by atoms with E-state index >= 15 is 0 Å². The van der Waals surface area contributed by atoms with E-state index in [1.54, 1.807) is 0 Å². The predicted octanol–water partition coefficient (Wildman–Crippen LogP) is 14.3. The van der Waals surface area contributed by atoms with E-state index in [1.165, 1.54) is 5.56 Å². The predicted molar refractivity (Wildman–Crippen MR) is 224 cm³/mol. The quantitative estimate of drug-likeness (QED) is 0.0926. The van der Waals surface area contributed by atoms with Gasteiger partial charge in [0.2, 0.25) is 0 Å². The molecule has 6 aromatic carbocycles. The maximum Gasteiger partial charge on any atom is 0.416 e. The highest BCUT2D eigenvalue weighted by atomic mass is 19.4. The number of halogens is 24. The Morgan fingerprint density at radius 3 is 0.829 bits per heavy atom. The zero-order chi connectivity index (χ0) is 57.0. The van der Waals surface area contributed by atoms with Gasteiger partial charge in [0.1, 0.15) is 6.15 Å². The van der Waals surface area contributed by atoms with Crippen molar-refractivity contribution >= 4 is 38.8 Å². The molecule has 0 amide bonds. The van der Waals surface area contributed by atoms with Gasteiger partial charge in [-0.25, -0.2) is 0 Å². The van der Waals surface area contributed by atoms with Crippen molar-refractivity contribution < 1.29 is 110 Å². The lowest BCUT2D eigenvalue weighted by Gasteiger charge is -2.46. The number of pyridine rings is 1. The van der Waals surface area contributed by atoms with Crippen LogP contribution in [0.1, 0.15) is 55.8 Å². The molecule has 0 fully saturated rings. The van der Waals surface area contributed by atoms with Crippen LogP contribution in [0.15, 0.2) is 140 Å². The van der Waals surface area contributed by atoms with Gasteiger partial charge in [0.15, 0.2) is 18.8 Å². The lowest BCUT2D eigenvalue weighted by molar-refractivity contribution is -0.689. The monoisotopic (exact) mass is 1110 g/mol. The van der Waals surface area contributed by atoms with Crippen LogP contribution < -0.4 is 26.4 Å². The van der Waals surface area contributed by atoms with Crippen molar-refractivity contribution in [1.82, 2.24) is 0 Å². The minimum atomic E-state index is -6.13. The Bertz CT molecular complexity index is 2860. The summed E-state index contributed by atoms with van der Waals surface area (Å²) in [5.41, 5.74) is -28.3. The highest BCUT2D eigenvalue weighted by molar-refractivity contribution is 7.20. The van der Waals surface area contributed by atoms with E-state index in [9.17, 15) is 111 Å². The molecule has 0 spiro atoms. The molecule has 2 nitrogen and oxygen atoms in total. The maximum absolute atomic E-state index is 14.2. The number of benzene rings is 6. The number of nitriles is 1. The number of nitrogens with zero attached hydrogens (tertiary/aromatic N) is 2. The topological polar surface area (TPSA) is 27.7 Å². The highest BCUT2D eigenvalue weighted by Gasteiger charge is 2.47.